The van der Waals surface area contributed by atoms with Gasteiger partial charge < -0.3 is 5.32 Å². The van der Waals surface area contributed by atoms with Crippen LogP contribution < -0.4 is 5.32 Å². The van der Waals surface area contributed by atoms with Crippen molar-refractivity contribution in [3.05, 3.63) is 71.5 Å². The van der Waals surface area contributed by atoms with E-state index in [0.29, 0.717) is 16.5 Å². The lowest BCUT2D eigenvalue weighted by atomic mass is 10.1. The molecule has 1 amide bonds. The molecule has 0 saturated heterocycles. The number of alkyl halides is 3. The Labute approximate surface area is 170 Å². The summed E-state index contributed by atoms with van der Waals surface area (Å²) in [5.41, 5.74) is -0.0585. The van der Waals surface area contributed by atoms with Crippen molar-refractivity contribution in [1.82, 2.24) is 15.2 Å². The summed E-state index contributed by atoms with van der Waals surface area (Å²) < 4.78 is 38.8. The molecule has 29 heavy (non-hydrogen) atoms. The molecule has 0 aliphatic heterocycles. The van der Waals surface area contributed by atoms with Crippen molar-refractivity contribution in [2.45, 2.75) is 36.3 Å². The fourth-order valence-electron chi connectivity index (χ4n) is 2.56. The van der Waals surface area contributed by atoms with Crippen molar-refractivity contribution in [3.63, 3.8) is 0 Å². The van der Waals surface area contributed by atoms with Crippen LogP contribution in [0.25, 0.3) is 0 Å². The Morgan fingerprint density at radius 3 is 2.45 bits per heavy atom. The molecule has 1 aromatic heterocycles. The van der Waals surface area contributed by atoms with E-state index >= 15 is 0 Å². The predicted molar refractivity (Wildman–Crippen MR) is 106 cm³/mol. The summed E-state index contributed by atoms with van der Waals surface area (Å²) in [7, 11) is 0. The molecule has 2 N–H and O–H groups in total. The first-order valence-electron chi connectivity index (χ1n) is 8.86. The van der Waals surface area contributed by atoms with Crippen LogP contribution in [-0.4, -0.2) is 21.1 Å². The second kappa shape index (κ2) is 8.69. The Morgan fingerprint density at radius 2 is 1.83 bits per heavy atom. The maximum atomic E-state index is 12.9. The lowest BCUT2D eigenvalue weighted by molar-refractivity contribution is -0.137. The zero-order valence-corrected chi connectivity index (χ0v) is 16.5. The number of nitrogens with one attached hydrogen (secondary N) is 2. The molecule has 0 spiro atoms. The molecule has 0 aliphatic rings. The van der Waals surface area contributed by atoms with Crippen LogP contribution in [0.1, 0.15) is 42.0 Å². The number of rotatable bonds is 6. The van der Waals surface area contributed by atoms with Gasteiger partial charge in [-0.3, -0.25) is 9.89 Å². The van der Waals surface area contributed by atoms with Gasteiger partial charge in [-0.05, 0) is 23.8 Å². The minimum atomic E-state index is -4.49. The Balaban J connectivity index is 1.85. The number of halogens is 3. The number of hydrogen-bond donors (Lipinski definition) is 2. The third-order valence-corrected chi connectivity index (χ3v) is 5.17. The number of carbonyl (C=O) groups is 1. The lowest BCUT2D eigenvalue weighted by Crippen LogP contribution is -2.19. The van der Waals surface area contributed by atoms with Gasteiger partial charge in [-0.1, -0.05) is 62.0 Å². The van der Waals surface area contributed by atoms with E-state index in [9.17, 15) is 18.0 Å². The Hall–Kier alpha value is -2.81. The summed E-state index contributed by atoms with van der Waals surface area (Å²) >= 11 is 1.13. The number of nitrogens with zero attached hydrogens (tertiary/aromatic N) is 2. The molecule has 0 saturated carbocycles. The molecule has 0 bridgehead atoms. The van der Waals surface area contributed by atoms with Gasteiger partial charge in [0.15, 0.2) is 0 Å². The second-order valence-electron chi connectivity index (χ2n) is 6.63. The van der Waals surface area contributed by atoms with Crippen LogP contribution in [0.4, 0.5) is 18.9 Å². The monoisotopic (exact) mass is 420 g/mol. The standard InChI is InChI=1S/C20H19F3N4OS/c1-12(2)17-25-19(27-26-17)29-16(13-7-4-3-5-8-13)18(28)24-15-10-6-9-14(11-15)20(21,22)23/h3-12,16H,1-2H3,(H,24,28)(H,25,26,27)/t16-/m0/s1. The van der Waals surface area contributed by atoms with Crippen molar-refractivity contribution in [1.29, 1.82) is 0 Å². The molecule has 0 fully saturated rings. The van der Waals surface area contributed by atoms with Gasteiger partial charge in [0.2, 0.25) is 11.1 Å². The minimum absolute atomic E-state index is 0.0733. The molecule has 3 aromatic rings. The van der Waals surface area contributed by atoms with Crippen molar-refractivity contribution in [2.24, 2.45) is 0 Å². The SMILES string of the molecule is CC(C)c1nc(S[C@H](C(=O)Nc2cccc(C(F)(F)F)c2)c2ccccc2)n[nH]1. The normalized spacial score (nSPS) is 12.8. The highest BCUT2D eigenvalue weighted by molar-refractivity contribution is 8.00. The van der Waals surface area contributed by atoms with E-state index in [1.807, 2.05) is 19.9 Å². The molecule has 9 heteroatoms. The number of thioether (sulfide) groups is 1. The number of anilines is 1. The summed E-state index contributed by atoms with van der Waals surface area (Å²) in [5.74, 6) is 0.375. The number of H-pyrrole nitrogens is 1. The van der Waals surface area contributed by atoms with Gasteiger partial charge in [-0.2, -0.15) is 13.2 Å². The number of carbonyl (C=O) groups excluding carboxylic acids is 1. The Kier molecular flexibility index (Phi) is 6.26. The molecule has 152 valence electrons. The average molecular weight is 420 g/mol. The minimum Gasteiger partial charge on any atom is -0.325 e. The highest BCUT2D eigenvalue weighted by Crippen LogP contribution is 2.35. The largest absolute Gasteiger partial charge is 0.416 e. The van der Waals surface area contributed by atoms with Gasteiger partial charge in [0.25, 0.3) is 0 Å². The number of amides is 1. The van der Waals surface area contributed by atoms with E-state index in [1.54, 1.807) is 24.3 Å². The zero-order chi connectivity index (χ0) is 21.0. The topological polar surface area (TPSA) is 70.7 Å². The molecule has 0 unspecified atom stereocenters. The molecule has 0 radical (unpaired) electrons. The van der Waals surface area contributed by atoms with Gasteiger partial charge >= 0.3 is 6.18 Å². The highest BCUT2D eigenvalue weighted by atomic mass is 32.2. The predicted octanol–water partition coefficient (Wildman–Crippen LogP) is 5.42. The summed E-state index contributed by atoms with van der Waals surface area (Å²) in [6, 6.07) is 13.5. The van der Waals surface area contributed by atoms with Crippen LogP contribution in [0.15, 0.2) is 59.8 Å². The number of benzene rings is 2. The first-order chi connectivity index (χ1) is 13.7. The molecule has 0 aliphatic carbocycles. The second-order valence-corrected chi connectivity index (χ2v) is 7.71. The van der Waals surface area contributed by atoms with E-state index in [0.717, 1.165) is 23.9 Å². The fraction of sp³-hybridized carbons (Fsp3) is 0.250. The first kappa shape index (κ1) is 20.9. The van der Waals surface area contributed by atoms with Crippen LogP contribution in [0.5, 0.6) is 0 Å². The van der Waals surface area contributed by atoms with Crippen molar-refractivity contribution in [2.75, 3.05) is 5.32 Å². The third-order valence-electron chi connectivity index (χ3n) is 4.05. The van der Waals surface area contributed by atoms with E-state index < -0.39 is 22.9 Å². The fourth-order valence-corrected chi connectivity index (χ4v) is 3.48. The number of aromatic amines is 1. The van der Waals surface area contributed by atoms with Crippen molar-refractivity contribution >= 4 is 23.4 Å². The van der Waals surface area contributed by atoms with E-state index in [4.69, 9.17) is 0 Å². The number of aromatic nitrogens is 3. The molecule has 5 nitrogen and oxygen atoms in total. The Morgan fingerprint density at radius 1 is 1.10 bits per heavy atom. The molecular weight excluding hydrogens is 401 g/mol. The number of hydrogen-bond acceptors (Lipinski definition) is 4. The van der Waals surface area contributed by atoms with Gasteiger partial charge in [-0.25, -0.2) is 4.98 Å². The smallest absolute Gasteiger partial charge is 0.325 e. The van der Waals surface area contributed by atoms with Crippen LogP contribution in [-0.2, 0) is 11.0 Å². The first-order valence-corrected chi connectivity index (χ1v) is 9.74. The van der Waals surface area contributed by atoms with Gasteiger partial charge in [0.05, 0.1) is 5.56 Å². The average Bonchev–Trinajstić information content (AvgIpc) is 3.15. The van der Waals surface area contributed by atoms with Gasteiger partial charge in [0.1, 0.15) is 11.1 Å². The lowest BCUT2D eigenvalue weighted by Gasteiger charge is -2.16. The zero-order valence-electron chi connectivity index (χ0n) is 15.7. The summed E-state index contributed by atoms with van der Waals surface area (Å²) in [6.45, 7) is 3.92. The maximum absolute atomic E-state index is 12.9. The van der Waals surface area contributed by atoms with Gasteiger partial charge in [0, 0.05) is 11.6 Å². The molecular formula is C20H19F3N4OS. The van der Waals surface area contributed by atoms with Crippen LogP contribution in [0.3, 0.4) is 0 Å². The van der Waals surface area contributed by atoms with E-state index in [2.05, 4.69) is 20.5 Å². The summed E-state index contributed by atoms with van der Waals surface area (Å²) in [4.78, 5) is 17.3. The molecule has 1 heterocycles. The van der Waals surface area contributed by atoms with Crippen LogP contribution in [0.2, 0.25) is 0 Å². The maximum Gasteiger partial charge on any atom is 0.416 e. The summed E-state index contributed by atoms with van der Waals surface area (Å²) in [5, 5.41) is 9.21. The van der Waals surface area contributed by atoms with Crippen LogP contribution in [0, 0.1) is 0 Å². The molecule has 1 atom stereocenters. The quantitative estimate of drug-likeness (QED) is 0.523. The molecule has 3 rings (SSSR count). The van der Waals surface area contributed by atoms with Gasteiger partial charge in [-0.15, -0.1) is 5.10 Å². The third kappa shape index (κ3) is 5.38. The van der Waals surface area contributed by atoms with Crippen molar-refractivity contribution < 1.29 is 18.0 Å². The van der Waals surface area contributed by atoms with Crippen LogP contribution >= 0.6 is 11.8 Å². The van der Waals surface area contributed by atoms with Crippen molar-refractivity contribution in [3.8, 4) is 0 Å². The Bertz CT molecular complexity index is 973. The highest BCUT2D eigenvalue weighted by Gasteiger charge is 2.31. The van der Waals surface area contributed by atoms with E-state index in [1.165, 1.54) is 12.1 Å². The summed E-state index contributed by atoms with van der Waals surface area (Å²) in [6.07, 6.45) is -4.49. The molecule has 2 aromatic carbocycles. The van der Waals surface area contributed by atoms with E-state index in [-0.39, 0.29) is 11.6 Å².